The topological polar surface area (TPSA) is 97.4 Å². The molecule has 0 fully saturated rings. The Balaban J connectivity index is 1.64. The third-order valence-corrected chi connectivity index (χ3v) is 7.60. The Bertz CT molecular complexity index is 1550. The van der Waals surface area contributed by atoms with Gasteiger partial charge in [0.15, 0.2) is 12.2 Å². The Kier molecular flexibility index (Phi) is 12.6. The highest BCUT2D eigenvalue weighted by molar-refractivity contribution is 6.13. The van der Waals surface area contributed by atoms with Crippen molar-refractivity contribution in [1.29, 1.82) is 0 Å². The molecule has 9 nitrogen and oxygen atoms in total. The predicted octanol–water partition coefficient (Wildman–Crippen LogP) is 7.36. The number of rotatable bonds is 12. The second kappa shape index (κ2) is 17.1. The van der Waals surface area contributed by atoms with Crippen LogP contribution in [0.3, 0.4) is 0 Å². The van der Waals surface area contributed by atoms with Crippen LogP contribution in [0, 0.1) is 5.92 Å². The van der Waals surface area contributed by atoms with Gasteiger partial charge in [-0.3, -0.25) is 14.7 Å². The van der Waals surface area contributed by atoms with E-state index in [1.807, 2.05) is 49.1 Å². The summed E-state index contributed by atoms with van der Waals surface area (Å²) in [5.41, 5.74) is 5.52. The first-order valence-corrected chi connectivity index (χ1v) is 15.9. The molecule has 0 spiro atoms. The maximum absolute atomic E-state index is 14.5. The molecule has 0 bridgehead atoms. The normalized spacial score (nSPS) is 19.0. The summed E-state index contributed by atoms with van der Waals surface area (Å²) in [7, 11) is 3.04. The summed E-state index contributed by atoms with van der Waals surface area (Å²) in [6, 6.07) is 8.27. The molecule has 0 saturated carbocycles. The van der Waals surface area contributed by atoms with Crippen LogP contribution in [-0.2, 0) is 25.7 Å². The molecule has 0 aromatic heterocycles. The van der Waals surface area contributed by atoms with Crippen LogP contribution in [0.5, 0.6) is 0 Å². The van der Waals surface area contributed by atoms with Crippen LogP contribution in [0.25, 0.3) is 5.57 Å². The predicted molar refractivity (Wildman–Crippen MR) is 187 cm³/mol. The minimum atomic E-state index is -0.252. The average molecular weight is 624 g/mol. The van der Waals surface area contributed by atoms with E-state index in [4.69, 9.17) is 19.3 Å². The van der Waals surface area contributed by atoms with E-state index in [1.165, 1.54) is 13.5 Å². The Labute approximate surface area is 272 Å². The van der Waals surface area contributed by atoms with Gasteiger partial charge in [-0.25, -0.2) is 9.98 Å². The minimum absolute atomic E-state index is 0.0177. The Hall–Kier alpha value is -4.79. The summed E-state index contributed by atoms with van der Waals surface area (Å²) < 4.78 is 10.9. The molecule has 1 atom stereocenters. The van der Waals surface area contributed by atoms with E-state index >= 15 is 0 Å². The lowest BCUT2D eigenvalue weighted by atomic mass is 9.90. The number of hydrogen-bond donors (Lipinski definition) is 0. The summed E-state index contributed by atoms with van der Waals surface area (Å²) in [5.74, 6) is 1.55. The third-order valence-electron chi connectivity index (χ3n) is 7.60. The molecule has 4 rings (SSSR count). The van der Waals surface area contributed by atoms with Crippen molar-refractivity contribution in [3.05, 3.63) is 101 Å². The second-order valence-corrected chi connectivity index (χ2v) is 11.2. The van der Waals surface area contributed by atoms with Crippen LogP contribution in [0.15, 0.2) is 110 Å². The Morgan fingerprint density at radius 3 is 2.61 bits per heavy atom. The van der Waals surface area contributed by atoms with Gasteiger partial charge in [-0.2, -0.15) is 0 Å². The van der Waals surface area contributed by atoms with E-state index in [9.17, 15) is 4.79 Å². The lowest BCUT2D eigenvalue weighted by molar-refractivity contribution is -0.123. The van der Waals surface area contributed by atoms with E-state index in [0.29, 0.717) is 43.2 Å². The van der Waals surface area contributed by atoms with E-state index in [-0.39, 0.29) is 17.9 Å². The first-order valence-electron chi connectivity index (χ1n) is 15.9. The lowest BCUT2D eigenvalue weighted by Crippen LogP contribution is -2.37. The molecule has 46 heavy (non-hydrogen) atoms. The van der Waals surface area contributed by atoms with Gasteiger partial charge in [0.05, 0.1) is 32.2 Å². The van der Waals surface area contributed by atoms with E-state index in [2.05, 4.69) is 65.4 Å². The molecule has 0 saturated heterocycles. The molecule has 1 amide bonds. The summed E-state index contributed by atoms with van der Waals surface area (Å²) in [6.07, 6.45) is 20.1. The number of methoxy groups -OCH3 is 1. The van der Waals surface area contributed by atoms with Gasteiger partial charge in [-0.05, 0) is 61.5 Å². The average Bonchev–Trinajstić information content (AvgIpc) is 3.48. The number of amides is 1. The number of oxime groups is 1. The minimum Gasteiger partial charge on any atom is -0.486 e. The maximum atomic E-state index is 14.5. The van der Waals surface area contributed by atoms with Crippen molar-refractivity contribution in [3.8, 4) is 0 Å². The largest absolute Gasteiger partial charge is 0.486 e. The van der Waals surface area contributed by atoms with Crippen LogP contribution in [0.4, 0.5) is 0 Å². The highest BCUT2D eigenvalue weighted by atomic mass is 16.6. The van der Waals surface area contributed by atoms with Gasteiger partial charge >= 0.3 is 0 Å². The molecule has 242 valence electrons. The molecule has 0 radical (unpaired) electrons. The van der Waals surface area contributed by atoms with Gasteiger partial charge in [0.25, 0.3) is 5.91 Å². The summed E-state index contributed by atoms with van der Waals surface area (Å²) in [5, 5.41) is 4.15. The zero-order chi connectivity index (χ0) is 32.9. The third kappa shape index (κ3) is 8.68. The molecular weight excluding hydrogens is 578 g/mol. The summed E-state index contributed by atoms with van der Waals surface area (Å²) in [4.78, 5) is 35.3. The van der Waals surface area contributed by atoms with Crippen LogP contribution in [0.2, 0.25) is 0 Å². The van der Waals surface area contributed by atoms with Crippen LogP contribution >= 0.6 is 0 Å². The number of carbonyl (C=O) groups is 1. The number of hydrogen-bond acceptors (Lipinski definition) is 7. The molecule has 0 N–H and O–H groups in total. The molecule has 2 heterocycles. The van der Waals surface area contributed by atoms with Crippen molar-refractivity contribution in [1.82, 2.24) is 4.90 Å². The fraction of sp³-hybridized carbons (Fsp3) is 0.378. The van der Waals surface area contributed by atoms with Gasteiger partial charge in [0.1, 0.15) is 12.9 Å². The number of amidine groups is 2. The fourth-order valence-corrected chi connectivity index (χ4v) is 5.44. The zero-order valence-electron chi connectivity index (χ0n) is 27.8. The van der Waals surface area contributed by atoms with E-state index in [0.717, 1.165) is 46.5 Å². The number of ether oxygens (including phenoxy) is 2. The first-order chi connectivity index (χ1) is 22.4. The lowest BCUT2D eigenvalue weighted by Gasteiger charge is -2.25. The van der Waals surface area contributed by atoms with E-state index in [1.54, 1.807) is 13.3 Å². The fourth-order valence-electron chi connectivity index (χ4n) is 5.44. The molecule has 1 aromatic carbocycles. The number of allylic oxidation sites excluding steroid dienone is 6. The summed E-state index contributed by atoms with van der Waals surface area (Å²) in [6.45, 7) is 9.03. The zero-order valence-corrected chi connectivity index (χ0v) is 27.8. The highest BCUT2D eigenvalue weighted by Gasteiger charge is 2.30. The summed E-state index contributed by atoms with van der Waals surface area (Å²) >= 11 is 0. The van der Waals surface area contributed by atoms with Crippen LogP contribution in [0.1, 0.15) is 64.5 Å². The van der Waals surface area contributed by atoms with Crippen molar-refractivity contribution in [2.75, 3.05) is 20.8 Å². The molecule has 1 unspecified atom stereocenters. The molecule has 1 aliphatic carbocycles. The van der Waals surface area contributed by atoms with Gasteiger partial charge in [-0.1, -0.05) is 79.7 Å². The molecule has 1 aromatic rings. The SMILES string of the molecule is CCCC1=NCC(CC)=C(C2=CCC=C(OC(C)C)N=C2)C(=O)N1Cc1ccc(C2=CC=CC=CC2/C(N=COC)=N/OC)cc1. The molecular formula is C37H45N5O4. The van der Waals surface area contributed by atoms with Gasteiger partial charge in [0.2, 0.25) is 5.88 Å². The number of aliphatic imine (C=N–C) groups is 3. The highest BCUT2D eigenvalue weighted by Crippen LogP contribution is 2.30. The Morgan fingerprint density at radius 2 is 1.91 bits per heavy atom. The second-order valence-electron chi connectivity index (χ2n) is 11.2. The van der Waals surface area contributed by atoms with Crippen molar-refractivity contribution in [3.63, 3.8) is 0 Å². The van der Waals surface area contributed by atoms with E-state index < -0.39 is 0 Å². The van der Waals surface area contributed by atoms with Crippen LogP contribution in [-0.4, -0.2) is 62.0 Å². The quantitative estimate of drug-likeness (QED) is 0.138. The van der Waals surface area contributed by atoms with Crippen LogP contribution < -0.4 is 0 Å². The number of nitrogens with zero attached hydrogens (tertiary/aromatic N) is 5. The van der Waals surface area contributed by atoms with Gasteiger partial charge in [-0.15, -0.1) is 0 Å². The first kappa shape index (κ1) is 34.1. The molecule has 9 heteroatoms. The number of carbonyl (C=O) groups excluding carboxylic acids is 1. The smallest absolute Gasteiger partial charge is 0.260 e. The van der Waals surface area contributed by atoms with Crippen molar-refractivity contribution < 1.29 is 19.1 Å². The van der Waals surface area contributed by atoms with Crippen molar-refractivity contribution >= 4 is 35.8 Å². The standard InChI is InChI=1S/C37H45N5O4/c1-7-13-33-38-22-28(8-2)35(30-14-12-17-34(39-23-30)46-26(3)4)37(43)42(33)24-27-18-20-29(21-19-27)31-15-10-9-11-16-32(31)36(41-45-6)40-25-44-5/h9-11,14-21,23,25-26,32H,7-8,12-13,22,24H2,1-6H3/b40-25?,41-36-. The maximum Gasteiger partial charge on any atom is 0.260 e. The molecule has 2 aliphatic heterocycles. The van der Waals surface area contributed by atoms with Crippen molar-refractivity contribution in [2.24, 2.45) is 26.1 Å². The molecule has 3 aliphatic rings. The Morgan fingerprint density at radius 1 is 1.11 bits per heavy atom. The van der Waals surface area contributed by atoms with Gasteiger partial charge in [0, 0.05) is 23.8 Å². The van der Waals surface area contributed by atoms with Gasteiger partial charge < -0.3 is 14.3 Å². The number of benzene rings is 1. The van der Waals surface area contributed by atoms with Crippen molar-refractivity contribution in [2.45, 2.75) is 66.0 Å². The monoisotopic (exact) mass is 623 g/mol.